The lowest BCUT2D eigenvalue weighted by Gasteiger charge is -2.24. The molecule has 2 aliphatic rings. The molecule has 1 aromatic carbocycles. The van der Waals surface area contributed by atoms with Crippen molar-refractivity contribution in [2.75, 3.05) is 26.2 Å². The third-order valence-electron chi connectivity index (χ3n) is 6.11. The molecule has 0 radical (unpaired) electrons. The minimum atomic E-state index is -0.461. The second-order valence-corrected chi connectivity index (χ2v) is 8.09. The Balaban J connectivity index is 1.37. The van der Waals surface area contributed by atoms with Crippen LogP contribution in [0.4, 0.5) is 0 Å². The Morgan fingerprint density at radius 3 is 2.62 bits per heavy atom. The zero-order valence-electron chi connectivity index (χ0n) is 16.7. The van der Waals surface area contributed by atoms with E-state index in [1.807, 2.05) is 23.1 Å². The zero-order valence-corrected chi connectivity index (χ0v) is 16.7. The van der Waals surface area contributed by atoms with Crippen molar-refractivity contribution in [1.82, 2.24) is 19.6 Å². The molecule has 2 fully saturated rings. The van der Waals surface area contributed by atoms with Gasteiger partial charge >= 0.3 is 0 Å². The predicted molar refractivity (Wildman–Crippen MR) is 108 cm³/mol. The van der Waals surface area contributed by atoms with Gasteiger partial charge in [-0.2, -0.15) is 5.10 Å². The van der Waals surface area contributed by atoms with Crippen LogP contribution in [0.1, 0.15) is 24.1 Å². The average Bonchev–Trinajstić information content (AvgIpc) is 3.29. The SMILES string of the molecule is Cc1ccc(=O)n(CC(=O)N2CCC3(CCN(CCc4ccccc4)C3=O)C2)n1. The molecule has 7 nitrogen and oxygen atoms in total. The number of nitrogens with zero attached hydrogens (tertiary/aromatic N) is 4. The minimum absolute atomic E-state index is 0.0808. The molecule has 2 saturated heterocycles. The van der Waals surface area contributed by atoms with E-state index in [1.165, 1.54) is 16.3 Å². The standard InChI is InChI=1S/C22H26N4O3/c1-17-7-8-19(27)26(23-17)15-20(28)25-14-11-22(16-25)10-13-24(21(22)29)12-9-18-5-3-2-4-6-18/h2-8H,9-16H2,1H3. The number of likely N-dealkylation sites (tertiary alicyclic amines) is 2. The summed E-state index contributed by atoms with van der Waals surface area (Å²) < 4.78 is 1.20. The molecule has 4 rings (SSSR count). The molecule has 1 aromatic heterocycles. The van der Waals surface area contributed by atoms with Crippen molar-refractivity contribution in [3.05, 3.63) is 64.1 Å². The number of carbonyl (C=O) groups excluding carboxylic acids is 2. The number of amides is 2. The molecule has 0 saturated carbocycles. The smallest absolute Gasteiger partial charge is 0.267 e. The van der Waals surface area contributed by atoms with Crippen LogP contribution >= 0.6 is 0 Å². The Hall–Kier alpha value is -2.96. The lowest BCUT2D eigenvalue weighted by Crippen LogP contribution is -2.40. The van der Waals surface area contributed by atoms with Crippen LogP contribution in [0, 0.1) is 12.3 Å². The predicted octanol–water partition coefficient (Wildman–Crippen LogP) is 1.25. The lowest BCUT2D eigenvalue weighted by atomic mass is 9.85. The highest BCUT2D eigenvalue weighted by Gasteiger charge is 2.51. The highest BCUT2D eigenvalue weighted by atomic mass is 16.2. The molecule has 0 N–H and O–H groups in total. The van der Waals surface area contributed by atoms with E-state index in [1.54, 1.807) is 17.9 Å². The van der Waals surface area contributed by atoms with Crippen LogP contribution in [0.2, 0.25) is 0 Å². The quantitative estimate of drug-likeness (QED) is 0.765. The fraction of sp³-hybridized carbons (Fsp3) is 0.455. The number of aromatic nitrogens is 2. The summed E-state index contributed by atoms with van der Waals surface area (Å²) in [7, 11) is 0. The van der Waals surface area contributed by atoms with Gasteiger partial charge in [0.25, 0.3) is 5.56 Å². The van der Waals surface area contributed by atoms with Gasteiger partial charge in [-0.15, -0.1) is 0 Å². The van der Waals surface area contributed by atoms with Crippen molar-refractivity contribution in [3.63, 3.8) is 0 Å². The fourth-order valence-corrected chi connectivity index (χ4v) is 4.37. The second kappa shape index (κ2) is 7.81. The molecule has 2 amide bonds. The second-order valence-electron chi connectivity index (χ2n) is 8.09. The summed E-state index contributed by atoms with van der Waals surface area (Å²) in [4.78, 5) is 41.4. The third-order valence-corrected chi connectivity index (χ3v) is 6.11. The molecule has 3 heterocycles. The minimum Gasteiger partial charge on any atom is -0.342 e. The van der Waals surface area contributed by atoms with Gasteiger partial charge in [-0.3, -0.25) is 14.4 Å². The van der Waals surface area contributed by atoms with Crippen molar-refractivity contribution in [3.8, 4) is 0 Å². The van der Waals surface area contributed by atoms with Gasteiger partial charge in [-0.05, 0) is 37.8 Å². The highest BCUT2D eigenvalue weighted by Crippen LogP contribution is 2.40. The Labute approximate surface area is 169 Å². The van der Waals surface area contributed by atoms with Gasteiger partial charge in [-0.25, -0.2) is 4.68 Å². The number of rotatable bonds is 5. The normalized spacial score (nSPS) is 21.3. The zero-order chi connectivity index (χ0) is 20.4. The molecule has 0 aliphatic carbocycles. The first kappa shape index (κ1) is 19.4. The number of carbonyl (C=O) groups is 2. The summed E-state index contributed by atoms with van der Waals surface area (Å²) in [6.45, 7) is 4.15. The van der Waals surface area contributed by atoms with Crippen molar-refractivity contribution in [2.45, 2.75) is 32.7 Å². The van der Waals surface area contributed by atoms with Crippen LogP contribution in [0.5, 0.6) is 0 Å². The molecule has 152 valence electrons. The van der Waals surface area contributed by atoms with E-state index in [0.717, 1.165) is 19.4 Å². The summed E-state index contributed by atoms with van der Waals surface area (Å²) >= 11 is 0. The third kappa shape index (κ3) is 3.95. The summed E-state index contributed by atoms with van der Waals surface area (Å²) in [6.07, 6.45) is 2.32. The average molecular weight is 394 g/mol. The summed E-state index contributed by atoms with van der Waals surface area (Å²) in [5.41, 5.74) is 1.16. The maximum Gasteiger partial charge on any atom is 0.267 e. The molecule has 1 spiro atoms. The van der Waals surface area contributed by atoms with Crippen molar-refractivity contribution < 1.29 is 9.59 Å². The fourth-order valence-electron chi connectivity index (χ4n) is 4.37. The van der Waals surface area contributed by atoms with E-state index in [-0.39, 0.29) is 23.9 Å². The Bertz CT molecular complexity index is 972. The molecule has 1 atom stereocenters. The van der Waals surface area contributed by atoms with Gasteiger partial charge in [-0.1, -0.05) is 30.3 Å². The van der Waals surface area contributed by atoms with Crippen LogP contribution in [0.3, 0.4) is 0 Å². The van der Waals surface area contributed by atoms with Crippen LogP contribution < -0.4 is 5.56 Å². The molecule has 7 heteroatoms. The molecule has 29 heavy (non-hydrogen) atoms. The van der Waals surface area contributed by atoms with Gasteiger partial charge in [0.15, 0.2) is 0 Å². The number of aryl methyl sites for hydroxylation is 1. The number of benzene rings is 1. The van der Waals surface area contributed by atoms with E-state index in [9.17, 15) is 14.4 Å². The Kier molecular flexibility index (Phi) is 5.22. The monoisotopic (exact) mass is 394 g/mol. The van der Waals surface area contributed by atoms with E-state index < -0.39 is 5.41 Å². The van der Waals surface area contributed by atoms with E-state index in [0.29, 0.717) is 31.7 Å². The topological polar surface area (TPSA) is 75.5 Å². The number of hydrogen-bond donors (Lipinski definition) is 0. The lowest BCUT2D eigenvalue weighted by molar-refractivity contribution is -0.136. The van der Waals surface area contributed by atoms with Gasteiger partial charge in [0.05, 0.1) is 11.1 Å². The molecular weight excluding hydrogens is 368 g/mol. The molecule has 0 bridgehead atoms. The van der Waals surface area contributed by atoms with Crippen LogP contribution in [0.15, 0.2) is 47.3 Å². The Morgan fingerprint density at radius 1 is 1.07 bits per heavy atom. The van der Waals surface area contributed by atoms with Crippen molar-refractivity contribution >= 4 is 11.8 Å². The molecule has 1 unspecified atom stereocenters. The first-order valence-corrected chi connectivity index (χ1v) is 10.1. The van der Waals surface area contributed by atoms with Gasteiger partial charge in [0.2, 0.25) is 11.8 Å². The van der Waals surface area contributed by atoms with Gasteiger partial charge in [0.1, 0.15) is 6.54 Å². The molecular formula is C22H26N4O3. The summed E-state index contributed by atoms with van der Waals surface area (Å²) in [5, 5.41) is 4.13. The van der Waals surface area contributed by atoms with E-state index in [4.69, 9.17) is 0 Å². The van der Waals surface area contributed by atoms with E-state index in [2.05, 4.69) is 17.2 Å². The molecule has 2 aliphatic heterocycles. The van der Waals surface area contributed by atoms with Crippen molar-refractivity contribution in [1.29, 1.82) is 0 Å². The maximum absolute atomic E-state index is 13.1. The Morgan fingerprint density at radius 2 is 1.83 bits per heavy atom. The van der Waals surface area contributed by atoms with Crippen LogP contribution in [-0.2, 0) is 22.6 Å². The number of hydrogen-bond acceptors (Lipinski definition) is 4. The largest absolute Gasteiger partial charge is 0.342 e. The van der Waals surface area contributed by atoms with Crippen molar-refractivity contribution in [2.24, 2.45) is 5.41 Å². The van der Waals surface area contributed by atoms with Gasteiger partial charge < -0.3 is 9.80 Å². The highest BCUT2D eigenvalue weighted by molar-refractivity contribution is 5.87. The van der Waals surface area contributed by atoms with Gasteiger partial charge in [0, 0.05) is 32.2 Å². The maximum atomic E-state index is 13.1. The first-order chi connectivity index (χ1) is 14.0. The molecule has 2 aromatic rings. The first-order valence-electron chi connectivity index (χ1n) is 10.1. The summed E-state index contributed by atoms with van der Waals surface area (Å²) in [6, 6.07) is 13.2. The summed E-state index contributed by atoms with van der Waals surface area (Å²) in [5.74, 6) is 0.00666. The van der Waals surface area contributed by atoms with Crippen LogP contribution in [0.25, 0.3) is 0 Å². The van der Waals surface area contributed by atoms with E-state index >= 15 is 0 Å². The van der Waals surface area contributed by atoms with Crippen LogP contribution in [-0.4, -0.2) is 57.6 Å².